The van der Waals surface area contributed by atoms with E-state index in [1.165, 1.54) is 57.8 Å². The Balaban J connectivity index is -0.000000276. The number of unbranched alkanes of at least 4 members (excludes halogenated alkanes) is 9. The first-order valence-corrected chi connectivity index (χ1v) is 9.13. The molecule has 3 N–H and O–H groups in total. The van der Waals surface area contributed by atoms with Crippen molar-refractivity contribution >= 4 is 11.9 Å². The third kappa shape index (κ3) is 26.8. The van der Waals surface area contributed by atoms with Crippen LogP contribution in [0.2, 0.25) is 0 Å². The van der Waals surface area contributed by atoms with E-state index in [1.54, 1.807) is 13.8 Å². The van der Waals surface area contributed by atoms with Crippen LogP contribution in [0.3, 0.4) is 0 Å². The van der Waals surface area contributed by atoms with Gasteiger partial charge in [-0.05, 0) is 19.9 Å². The smallest absolute Gasteiger partial charge is 1.00 e. The van der Waals surface area contributed by atoms with E-state index in [4.69, 9.17) is 10.2 Å². The molecule has 5 nitrogen and oxygen atoms in total. The Morgan fingerprint density at radius 2 is 1.25 bits per heavy atom. The molecule has 0 aliphatic heterocycles. The average Bonchev–Trinajstić information content (AvgIpc) is 2.52. The Kier molecular flexibility index (Phi) is 27.4. The predicted octanol–water partition coefficient (Wildman–Crippen LogP) is 1.57. The standard InChI is InChI=1S/C15H31NO2.C3H6O2.Na.H/c1-3-4-5-6-7-8-9-10-11-12-13-16-14(2)15(17)18;1-2-3(4)5;;/h14,16H,3-13H2,1-2H3,(H,17,18);2H2,1H3,(H,4,5);;/q;;+1;-1. The van der Waals surface area contributed by atoms with Gasteiger partial charge in [0.15, 0.2) is 0 Å². The van der Waals surface area contributed by atoms with Crippen molar-refractivity contribution in [2.24, 2.45) is 0 Å². The van der Waals surface area contributed by atoms with Gasteiger partial charge in [0.1, 0.15) is 6.04 Å². The Hall–Kier alpha value is -0.100. The predicted molar refractivity (Wildman–Crippen MR) is 96.0 cm³/mol. The molecule has 0 amide bonds. The van der Waals surface area contributed by atoms with Gasteiger partial charge in [-0.15, -0.1) is 0 Å². The summed E-state index contributed by atoms with van der Waals surface area (Å²) >= 11 is 0. The molecule has 0 saturated carbocycles. The first-order valence-electron chi connectivity index (χ1n) is 9.13. The van der Waals surface area contributed by atoms with E-state index >= 15 is 0 Å². The van der Waals surface area contributed by atoms with Crippen LogP contribution in [0.4, 0.5) is 0 Å². The van der Waals surface area contributed by atoms with E-state index in [-0.39, 0.29) is 37.4 Å². The van der Waals surface area contributed by atoms with E-state index in [9.17, 15) is 9.59 Å². The maximum Gasteiger partial charge on any atom is 1.00 e. The van der Waals surface area contributed by atoms with Gasteiger partial charge in [0.2, 0.25) is 0 Å². The summed E-state index contributed by atoms with van der Waals surface area (Å²) < 4.78 is 0. The zero-order valence-corrected chi connectivity index (χ0v) is 18.3. The second kappa shape index (κ2) is 22.9. The van der Waals surface area contributed by atoms with Gasteiger partial charge in [0.05, 0.1) is 0 Å². The van der Waals surface area contributed by atoms with Crippen molar-refractivity contribution in [1.29, 1.82) is 0 Å². The number of rotatable bonds is 14. The van der Waals surface area contributed by atoms with E-state index in [2.05, 4.69) is 12.2 Å². The van der Waals surface area contributed by atoms with Crippen molar-refractivity contribution < 1.29 is 50.8 Å². The molecule has 0 fully saturated rings. The SMILES string of the molecule is CCC(=O)O.CCCCCCCCCCCCNC(C)C(=O)O.[H-].[Na+]. The summed E-state index contributed by atoms with van der Waals surface area (Å²) in [5.41, 5.74) is 0. The minimum absolute atomic E-state index is 0. The van der Waals surface area contributed by atoms with Gasteiger partial charge in [-0.1, -0.05) is 71.6 Å². The van der Waals surface area contributed by atoms with Crippen LogP contribution in [-0.2, 0) is 9.59 Å². The van der Waals surface area contributed by atoms with E-state index in [1.807, 2.05) is 0 Å². The third-order valence-corrected chi connectivity index (χ3v) is 3.65. The average molecular weight is 355 g/mol. The fourth-order valence-corrected chi connectivity index (χ4v) is 2.02. The van der Waals surface area contributed by atoms with Crippen LogP contribution in [0.25, 0.3) is 0 Å². The first-order chi connectivity index (χ1) is 11.0. The molecule has 0 radical (unpaired) electrons. The maximum atomic E-state index is 10.5. The van der Waals surface area contributed by atoms with E-state index < -0.39 is 18.0 Å². The number of carboxylic acid groups (broad SMARTS) is 2. The zero-order valence-electron chi connectivity index (χ0n) is 17.3. The number of aliphatic carboxylic acids is 2. The molecule has 0 bridgehead atoms. The van der Waals surface area contributed by atoms with Crippen LogP contribution in [0.15, 0.2) is 0 Å². The van der Waals surface area contributed by atoms with Crippen molar-refractivity contribution in [2.75, 3.05) is 6.54 Å². The number of carboxylic acids is 2. The molecule has 0 aliphatic rings. The van der Waals surface area contributed by atoms with Crippen LogP contribution >= 0.6 is 0 Å². The summed E-state index contributed by atoms with van der Waals surface area (Å²) in [5.74, 6) is -1.51. The second-order valence-corrected chi connectivity index (χ2v) is 5.94. The van der Waals surface area contributed by atoms with Crippen molar-refractivity contribution in [3.05, 3.63) is 0 Å². The molecule has 140 valence electrons. The summed E-state index contributed by atoms with van der Waals surface area (Å²) in [6.45, 7) is 6.37. The van der Waals surface area contributed by atoms with Gasteiger partial charge in [-0.25, -0.2) is 0 Å². The van der Waals surface area contributed by atoms with Crippen LogP contribution in [0.1, 0.15) is 92.8 Å². The van der Waals surface area contributed by atoms with Crippen LogP contribution < -0.4 is 34.9 Å². The van der Waals surface area contributed by atoms with Crippen LogP contribution in [0, 0.1) is 0 Å². The van der Waals surface area contributed by atoms with E-state index in [0.717, 1.165) is 13.0 Å². The Morgan fingerprint density at radius 3 is 1.58 bits per heavy atom. The van der Waals surface area contributed by atoms with Gasteiger partial charge < -0.3 is 17.0 Å². The summed E-state index contributed by atoms with van der Waals surface area (Å²) in [6.07, 6.45) is 13.4. The molecule has 24 heavy (non-hydrogen) atoms. The molecule has 0 saturated heterocycles. The molecule has 1 unspecified atom stereocenters. The molecule has 6 heteroatoms. The Bertz CT molecular complexity index is 294. The molecular formula is C18H38NNaO4. The van der Waals surface area contributed by atoms with Crippen molar-refractivity contribution in [2.45, 2.75) is 97.4 Å². The number of hydrogen-bond donors (Lipinski definition) is 3. The number of carbonyl (C=O) groups is 2. The van der Waals surface area contributed by atoms with Crippen molar-refractivity contribution in [3.8, 4) is 0 Å². The maximum absolute atomic E-state index is 10.5. The number of hydrogen-bond acceptors (Lipinski definition) is 3. The van der Waals surface area contributed by atoms with Gasteiger partial charge in [0.25, 0.3) is 0 Å². The quantitative estimate of drug-likeness (QED) is 0.325. The summed E-state index contributed by atoms with van der Waals surface area (Å²) in [7, 11) is 0. The molecule has 0 aliphatic carbocycles. The van der Waals surface area contributed by atoms with Crippen molar-refractivity contribution in [1.82, 2.24) is 5.32 Å². The molecule has 0 aromatic rings. The zero-order chi connectivity index (χ0) is 17.9. The molecule has 0 aromatic carbocycles. The molecule has 1 atom stereocenters. The molecule has 0 rings (SSSR count). The Morgan fingerprint density at radius 1 is 0.875 bits per heavy atom. The largest absolute Gasteiger partial charge is 1.00 e. The summed E-state index contributed by atoms with van der Waals surface area (Å²) in [6, 6.07) is -0.413. The van der Waals surface area contributed by atoms with Gasteiger partial charge in [-0.2, -0.15) is 0 Å². The monoisotopic (exact) mass is 355 g/mol. The van der Waals surface area contributed by atoms with E-state index in [0.29, 0.717) is 0 Å². The second-order valence-electron chi connectivity index (χ2n) is 5.94. The fourth-order valence-electron chi connectivity index (χ4n) is 2.02. The van der Waals surface area contributed by atoms with Gasteiger partial charge >= 0.3 is 41.5 Å². The minimum Gasteiger partial charge on any atom is -1.00 e. The molecule has 0 aromatic heterocycles. The van der Waals surface area contributed by atoms with Crippen LogP contribution in [-0.4, -0.2) is 34.7 Å². The first kappa shape index (κ1) is 28.7. The van der Waals surface area contributed by atoms with Gasteiger partial charge in [-0.3, -0.25) is 9.59 Å². The summed E-state index contributed by atoms with van der Waals surface area (Å²) in [4.78, 5) is 19.9. The number of nitrogens with one attached hydrogen (secondary N) is 1. The molecular weight excluding hydrogens is 317 g/mol. The van der Waals surface area contributed by atoms with Crippen LogP contribution in [0.5, 0.6) is 0 Å². The molecule has 0 heterocycles. The summed E-state index contributed by atoms with van der Waals surface area (Å²) in [5, 5.41) is 19.4. The minimum atomic E-state index is -0.762. The topological polar surface area (TPSA) is 86.6 Å². The third-order valence-electron chi connectivity index (χ3n) is 3.65. The van der Waals surface area contributed by atoms with Gasteiger partial charge in [0, 0.05) is 6.42 Å². The van der Waals surface area contributed by atoms with Crippen molar-refractivity contribution in [3.63, 3.8) is 0 Å². The fraction of sp³-hybridized carbons (Fsp3) is 0.889. The molecule has 0 spiro atoms. The Labute approximate surface area is 171 Å². The normalized spacial score (nSPS) is 11.0.